The molecule has 9 heteroatoms. The predicted octanol–water partition coefficient (Wildman–Crippen LogP) is 3.57. The first-order valence-corrected chi connectivity index (χ1v) is 12.9. The molecule has 1 fully saturated rings. The lowest BCUT2D eigenvalue weighted by Crippen LogP contribution is -2.57. The maximum atomic E-state index is 14.1. The van der Waals surface area contributed by atoms with Crippen molar-refractivity contribution < 1.29 is 23.9 Å². The number of halogens is 2. The zero-order chi connectivity index (χ0) is 26.8. The summed E-state index contributed by atoms with van der Waals surface area (Å²) in [4.78, 5) is 51.5. The fraction of sp³-hybridized carbons (Fsp3) is 0.241. The van der Waals surface area contributed by atoms with Crippen LogP contribution in [-0.2, 0) is 40.3 Å². The van der Waals surface area contributed by atoms with Crippen molar-refractivity contribution in [3.63, 3.8) is 0 Å². The predicted molar refractivity (Wildman–Crippen MR) is 139 cm³/mol. The molecular weight excluding hydrogens is 527 g/mol. The van der Waals surface area contributed by atoms with Crippen LogP contribution in [0.4, 0.5) is 0 Å². The second-order valence-corrected chi connectivity index (χ2v) is 11.0. The molecule has 1 aliphatic heterocycles. The standard InChI is InChI=1S/C29H22Cl2N2O5/c30-28-17-10-4-5-11-18(17)29(31,20-13-7-6-12-19(20)28)24-23(28)25(35)33(26(24)36)21(14-22(32)34)27(37)38-15-16-8-2-1-3-9-16/h1-13,21,23-24H,14-15H2,(H2,32,34)/t21-,23-,24-,28?,29?/m1/s1. The van der Waals surface area contributed by atoms with Gasteiger partial charge in [-0.25, -0.2) is 4.79 Å². The highest BCUT2D eigenvalue weighted by Gasteiger charge is 2.73. The van der Waals surface area contributed by atoms with Gasteiger partial charge in [-0.3, -0.25) is 19.3 Å². The average molecular weight is 549 g/mol. The number of alkyl halides is 2. The Bertz CT molecular complexity index is 1390. The molecule has 0 radical (unpaired) electrons. The fourth-order valence-corrected chi connectivity index (χ4v) is 7.39. The van der Waals surface area contributed by atoms with E-state index in [9.17, 15) is 19.2 Å². The monoisotopic (exact) mass is 548 g/mol. The van der Waals surface area contributed by atoms with Crippen molar-refractivity contribution >= 4 is 46.9 Å². The molecule has 192 valence electrons. The van der Waals surface area contributed by atoms with Crippen molar-refractivity contribution in [2.45, 2.75) is 28.8 Å². The van der Waals surface area contributed by atoms with Crippen LogP contribution in [0.5, 0.6) is 0 Å². The molecule has 7 rings (SSSR count). The molecule has 0 spiro atoms. The van der Waals surface area contributed by atoms with Crippen LogP contribution in [0.2, 0.25) is 0 Å². The van der Waals surface area contributed by atoms with Crippen molar-refractivity contribution in [1.29, 1.82) is 0 Å². The quantitative estimate of drug-likeness (QED) is 0.288. The van der Waals surface area contributed by atoms with E-state index in [1.54, 1.807) is 72.8 Å². The van der Waals surface area contributed by atoms with Gasteiger partial charge in [-0.2, -0.15) is 0 Å². The molecule has 1 saturated heterocycles. The number of hydrogen-bond acceptors (Lipinski definition) is 5. The van der Waals surface area contributed by atoms with Gasteiger partial charge in [0.1, 0.15) is 22.4 Å². The van der Waals surface area contributed by atoms with E-state index >= 15 is 0 Å². The van der Waals surface area contributed by atoms with Gasteiger partial charge in [-0.05, 0) is 27.8 Å². The minimum Gasteiger partial charge on any atom is -0.459 e. The number of carbonyl (C=O) groups is 4. The maximum Gasteiger partial charge on any atom is 0.330 e. The van der Waals surface area contributed by atoms with Gasteiger partial charge in [0.15, 0.2) is 0 Å². The number of esters is 1. The van der Waals surface area contributed by atoms with E-state index < -0.39 is 57.7 Å². The molecule has 0 saturated carbocycles. The average Bonchev–Trinajstić information content (AvgIpc) is 3.20. The van der Waals surface area contributed by atoms with Crippen molar-refractivity contribution in [3.05, 3.63) is 107 Å². The first kappa shape index (κ1) is 24.6. The Morgan fingerprint density at radius 3 is 1.63 bits per heavy atom. The third kappa shape index (κ3) is 3.21. The van der Waals surface area contributed by atoms with Gasteiger partial charge in [0.2, 0.25) is 17.7 Å². The lowest BCUT2D eigenvalue weighted by molar-refractivity contribution is -0.160. The van der Waals surface area contributed by atoms with Gasteiger partial charge < -0.3 is 10.5 Å². The molecule has 3 amide bonds. The van der Waals surface area contributed by atoms with Gasteiger partial charge in [0, 0.05) is 0 Å². The number of primary amides is 1. The van der Waals surface area contributed by atoms with Crippen molar-refractivity contribution in [3.8, 4) is 0 Å². The molecule has 38 heavy (non-hydrogen) atoms. The summed E-state index contributed by atoms with van der Waals surface area (Å²) in [6, 6.07) is 21.8. The summed E-state index contributed by atoms with van der Waals surface area (Å²) >= 11 is 14.8. The number of likely N-dealkylation sites (tertiary alicyclic amines) is 1. The summed E-state index contributed by atoms with van der Waals surface area (Å²) in [6.45, 7) is -0.103. The Kier molecular flexibility index (Phi) is 5.63. The largest absolute Gasteiger partial charge is 0.459 e. The van der Waals surface area contributed by atoms with Gasteiger partial charge in [-0.1, -0.05) is 78.9 Å². The normalized spacial score (nSPS) is 27.4. The molecule has 3 atom stereocenters. The SMILES string of the molecule is NC(=O)C[C@H](C(=O)OCc1ccccc1)N1C(=O)[C@H]2[C@H](C1=O)C1(Cl)c3ccccc3C2(Cl)c2ccccc21. The van der Waals surface area contributed by atoms with E-state index in [-0.39, 0.29) is 6.61 Å². The number of hydrogen-bond donors (Lipinski definition) is 1. The van der Waals surface area contributed by atoms with Gasteiger partial charge in [0.05, 0.1) is 18.3 Å². The number of benzene rings is 3. The number of amides is 3. The fourth-order valence-electron chi connectivity index (χ4n) is 6.29. The number of nitrogens with two attached hydrogens (primary N) is 1. The summed E-state index contributed by atoms with van der Waals surface area (Å²) in [5, 5.41) is 0. The lowest BCUT2D eigenvalue weighted by Gasteiger charge is -2.54. The van der Waals surface area contributed by atoms with Gasteiger partial charge in [0.25, 0.3) is 0 Å². The number of nitrogens with zero attached hydrogens (tertiary/aromatic N) is 1. The van der Waals surface area contributed by atoms with E-state index in [0.29, 0.717) is 27.8 Å². The summed E-state index contributed by atoms with van der Waals surface area (Å²) in [6.07, 6.45) is -0.588. The molecule has 3 aromatic carbocycles. The van der Waals surface area contributed by atoms with E-state index in [1.807, 2.05) is 6.07 Å². The second kappa shape index (κ2) is 8.68. The summed E-state index contributed by atoms with van der Waals surface area (Å²) in [5.74, 6) is -5.35. The first-order valence-electron chi connectivity index (χ1n) is 12.1. The van der Waals surface area contributed by atoms with Crippen LogP contribution < -0.4 is 5.73 Å². The van der Waals surface area contributed by atoms with E-state index in [2.05, 4.69) is 0 Å². The minimum atomic E-state index is -1.55. The van der Waals surface area contributed by atoms with Crippen LogP contribution in [-0.4, -0.2) is 34.6 Å². The number of rotatable bonds is 6. The van der Waals surface area contributed by atoms with Crippen LogP contribution >= 0.6 is 23.2 Å². The molecule has 2 bridgehead atoms. The van der Waals surface area contributed by atoms with E-state index in [1.165, 1.54) is 0 Å². The smallest absolute Gasteiger partial charge is 0.330 e. The molecule has 0 unspecified atom stereocenters. The number of ether oxygens (including phenoxy) is 1. The Labute approximate surface area is 228 Å². The lowest BCUT2D eigenvalue weighted by atomic mass is 9.54. The zero-order valence-electron chi connectivity index (χ0n) is 20.0. The second-order valence-electron chi connectivity index (χ2n) is 9.80. The zero-order valence-corrected chi connectivity index (χ0v) is 21.5. The molecule has 1 heterocycles. The Morgan fingerprint density at radius 2 is 1.21 bits per heavy atom. The highest BCUT2D eigenvalue weighted by Crippen LogP contribution is 2.69. The van der Waals surface area contributed by atoms with Crippen molar-refractivity contribution in [1.82, 2.24) is 4.90 Å². The Hall–Kier alpha value is -3.68. The van der Waals surface area contributed by atoms with Crippen LogP contribution in [0.25, 0.3) is 0 Å². The molecule has 7 nitrogen and oxygen atoms in total. The molecule has 3 aromatic rings. The molecule has 3 aliphatic carbocycles. The Balaban J connectivity index is 1.45. The van der Waals surface area contributed by atoms with E-state index in [4.69, 9.17) is 33.7 Å². The first-order chi connectivity index (χ1) is 18.2. The topological polar surface area (TPSA) is 107 Å². The Morgan fingerprint density at radius 1 is 0.789 bits per heavy atom. The molecule has 2 N–H and O–H groups in total. The van der Waals surface area contributed by atoms with Crippen molar-refractivity contribution in [2.24, 2.45) is 17.6 Å². The summed E-state index contributed by atoms with van der Waals surface area (Å²) in [5.41, 5.74) is 8.70. The molecule has 0 aromatic heterocycles. The van der Waals surface area contributed by atoms with Crippen LogP contribution in [0.15, 0.2) is 78.9 Å². The van der Waals surface area contributed by atoms with Crippen LogP contribution in [0.1, 0.15) is 34.2 Å². The number of carbonyl (C=O) groups excluding carboxylic acids is 4. The van der Waals surface area contributed by atoms with Crippen LogP contribution in [0.3, 0.4) is 0 Å². The van der Waals surface area contributed by atoms with Crippen molar-refractivity contribution in [2.75, 3.05) is 0 Å². The maximum absolute atomic E-state index is 14.1. The molecule has 4 aliphatic rings. The third-order valence-corrected chi connectivity index (χ3v) is 9.11. The van der Waals surface area contributed by atoms with E-state index in [0.717, 1.165) is 4.90 Å². The minimum absolute atomic E-state index is 0.103. The summed E-state index contributed by atoms with van der Waals surface area (Å²) < 4.78 is 5.44. The van der Waals surface area contributed by atoms with Crippen LogP contribution in [0, 0.1) is 11.8 Å². The highest BCUT2D eigenvalue weighted by atomic mass is 35.5. The number of imide groups is 1. The van der Waals surface area contributed by atoms with Gasteiger partial charge in [-0.15, -0.1) is 23.2 Å². The highest BCUT2D eigenvalue weighted by molar-refractivity contribution is 6.36. The summed E-state index contributed by atoms with van der Waals surface area (Å²) in [7, 11) is 0. The van der Waals surface area contributed by atoms with Gasteiger partial charge >= 0.3 is 5.97 Å². The third-order valence-electron chi connectivity index (χ3n) is 7.82. The molecular formula is C29H22Cl2N2O5.